The summed E-state index contributed by atoms with van der Waals surface area (Å²) in [5.74, 6) is 0. The van der Waals surface area contributed by atoms with Crippen molar-refractivity contribution in [3.8, 4) is 0 Å². The molecule has 3 aromatic rings. The molecule has 92 valence electrons. The first-order chi connectivity index (χ1) is 8.81. The molecule has 0 radical (unpaired) electrons. The molecule has 0 fully saturated rings. The molecule has 3 rings (SSSR count). The lowest BCUT2D eigenvalue weighted by atomic mass is 10.1. The molecule has 18 heavy (non-hydrogen) atoms. The van der Waals surface area contributed by atoms with Crippen molar-refractivity contribution in [2.75, 3.05) is 0 Å². The Morgan fingerprint density at radius 2 is 2.28 bits per heavy atom. The number of fused-ring (bicyclic) bond motifs is 1. The van der Waals surface area contributed by atoms with Crippen molar-refractivity contribution in [3.63, 3.8) is 0 Å². The van der Waals surface area contributed by atoms with E-state index in [0.717, 1.165) is 23.7 Å². The van der Waals surface area contributed by atoms with Crippen LogP contribution in [0.3, 0.4) is 0 Å². The molecule has 0 aliphatic heterocycles. The maximum atomic E-state index is 4.54. The van der Waals surface area contributed by atoms with E-state index >= 15 is 0 Å². The van der Waals surface area contributed by atoms with E-state index in [1.807, 2.05) is 11.6 Å². The van der Waals surface area contributed by atoms with Gasteiger partial charge < -0.3 is 5.32 Å². The molecule has 3 nitrogen and oxygen atoms in total. The summed E-state index contributed by atoms with van der Waals surface area (Å²) in [6, 6.07) is 8.57. The fourth-order valence-electron chi connectivity index (χ4n) is 2.02. The van der Waals surface area contributed by atoms with Crippen LogP contribution in [0.4, 0.5) is 0 Å². The van der Waals surface area contributed by atoms with E-state index in [4.69, 9.17) is 0 Å². The van der Waals surface area contributed by atoms with Gasteiger partial charge in [-0.25, -0.2) is 4.98 Å². The molecule has 1 N–H and O–H groups in total. The smallest absolute Gasteiger partial charge is 0.193 e. The molecular formula is C14H15N3S. The Morgan fingerprint density at radius 1 is 1.33 bits per heavy atom. The van der Waals surface area contributed by atoms with Gasteiger partial charge >= 0.3 is 0 Å². The minimum Gasteiger partial charge on any atom is -0.307 e. The molecular weight excluding hydrogens is 242 g/mol. The lowest BCUT2D eigenvalue weighted by Gasteiger charge is -2.03. The maximum Gasteiger partial charge on any atom is 0.193 e. The number of aryl methyl sites for hydroxylation is 1. The van der Waals surface area contributed by atoms with Gasteiger partial charge in [-0.05, 0) is 12.5 Å². The normalized spacial score (nSPS) is 11.2. The quantitative estimate of drug-likeness (QED) is 0.778. The van der Waals surface area contributed by atoms with E-state index in [9.17, 15) is 0 Å². The predicted octanol–water partition coefficient (Wildman–Crippen LogP) is 2.99. The average Bonchev–Trinajstić information content (AvgIpc) is 2.89. The third-order valence-corrected chi connectivity index (χ3v) is 3.63. The number of nitrogens with zero attached hydrogens (tertiary/aromatic N) is 2. The average molecular weight is 257 g/mol. The van der Waals surface area contributed by atoms with Crippen LogP contribution in [0.2, 0.25) is 0 Å². The second-order valence-corrected chi connectivity index (χ2v) is 5.29. The topological polar surface area (TPSA) is 29.3 Å². The minimum absolute atomic E-state index is 0.808. The summed E-state index contributed by atoms with van der Waals surface area (Å²) in [6.45, 7) is 3.81. The Morgan fingerprint density at radius 3 is 3.11 bits per heavy atom. The van der Waals surface area contributed by atoms with Crippen LogP contribution in [-0.4, -0.2) is 9.38 Å². The monoisotopic (exact) mass is 257 g/mol. The fraction of sp³-hybridized carbons (Fsp3) is 0.214. The highest BCUT2D eigenvalue weighted by Crippen LogP contribution is 2.11. The van der Waals surface area contributed by atoms with Gasteiger partial charge in [0.05, 0.1) is 5.69 Å². The molecule has 0 spiro atoms. The molecule has 0 unspecified atom stereocenters. The van der Waals surface area contributed by atoms with E-state index in [2.05, 4.69) is 52.1 Å². The lowest BCUT2D eigenvalue weighted by molar-refractivity contribution is 0.682. The largest absolute Gasteiger partial charge is 0.307 e. The van der Waals surface area contributed by atoms with Crippen LogP contribution in [0.5, 0.6) is 0 Å². The van der Waals surface area contributed by atoms with Crippen LogP contribution in [0.25, 0.3) is 4.96 Å². The van der Waals surface area contributed by atoms with Gasteiger partial charge in [0.2, 0.25) is 0 Å². The van der Waals surface area contributed by atoms with Gasteiger partial charge in [0.15, 0.2) is 4.96 Å². The van der Waals surface area contributed by atoms with Crippen molar-refractivity contribution in [3.05, 3.63) is 58.9 Å². The number of thiazole rings is 1. The van der Waals surface area contributed by atoms with Crippen molar-refractivity contribution >= 4 is 16.3 Å². The Labute approximate surface area is 110 Å². The van der Waals surface area contributed by atoms with Gasteiger partial charge in [-0.1, -0.05) is 29.8 Å². The van der Waals surface area contributed by atoms with Gasteiger partial charge in [-0.3, -0.25) is 4.40 Å². The van der Waals surface area contributed by atoms with Crippen LogP contribution < -0.4 is 5.32 Å². The van der Waals surface area contributed by atoms with E-state index < -0.39 is 0 Å². The second-order valence-electron chi connectivity index (χ2n) is 4.42. The van der Waals surface area contributed by atoms with E-state index in [0.29, 0.717) is 0 Å². The second kappa shape index (κ2) is 4.92. The Hall–Kier alpha value is -1.65. The SMILES string of the molecule is Cc1cccc(CNCc2cn3ccsc3n2)c1. The summed E-state index contributed by atoms with van der Waals surface area (Å²) in [7, 11) is 0. The first-order valence-corrected chi connectivity index (χ1v) is 6.86. The van der Waals surface area contributed by atoms with Crippen LogP contribution >= 0.6 is 11.3 Å². The van der Waals surface area contributed by atoms with E-state index in [1.54, 1.807) is 11.3 Å². The van der Waals surface area contributed by atoms with Gasteiger partial charge in [0.1, 0.15) is 0 Å². The van der Waals surface area contributed by atoms with Gasteiger partial charge in [0.25, 0.3) is 0 Å². The van der Waals surface area contributed by atoms with Crippen molar-refractivity contribution in [1.29, 1.82) is 0 Å². The third kappa shape index (κ3) is 2.44. The number of hydrogen-bond acceptors (Lipinski definition) is 3. The number of hydrogen-bond donors (Lipinski definition) is 1. The molecule has 0 aliphatic rings. The fourth-order valence-corrected chi connectivity index (χ4v) is 2.74. The third-order valence-electron chi connectivity index (χ3n) is 2.86. The number of nitrogens with one attached hydrogen (secondary N) is 1. The Kier molecular flexibility index (Phi) is 3.13. The van der Waals surface area contributed by atoms with Crippen LogP contribution in [0, 0.1) is 6.92 Å². The summed E-state index contributed by atoms with van der Waals surface area (Å²) < 4.78 is 2.06. The highest BCUT2D eigenvalue weighted by molar-refractivity contribution is 7.15. The standard InChI is InChI=1S/C14H15N3S/c1-11-3-2-4-12(7-11)8-15-9-13-10-17-5-6-18-14(17)16-13/h2-7,10,15H,8-9H2,1H3. The first kappa shape index (κ1) is 11.4. The maximum absolute atomic E-state index is 4.54. The minimum atomic E-state index is 0.808. The molecule has 1 aromatic carbocycles. The lowest BCUT2D eigenvalue weighted by Crippen LogP contribution is -2.12. The zero-order chi connectivity index (χ0) is 12.4. The summed E-state index contributed by atoms with van der Waals surface area (Å²) in [4.78, 5) is 5.60. The van der Waals surface area contributed by atoms with Gasteiger partial charge in [0, 0.05) is 30.9 Å². The number of benzene rings is 1. The molecule has 2 aromatic heterocycles. The van der Waals surface area contributed by atoms with Crippen LogP contribution in [0.1, 0.15) is 16.8 Å². The Bertz CT molecular complexity index is 625. The molecule has 0 aliphatic carbocycles. The molecule has 0 saturated heterocycles. The zero-order valence-electron chi connectivity index (χ0n) is 10.3. The highest BCUT2D eigenvalue weighted by atomic mass is 32.1. The summed E-state index contributed by atoms with van der Waals surface area (Å²) in [6.07, 6.45) is 4.12. The predicted molar refractivity (Wildman–Crippen MR) is 74.8 cm³/mol. The van der Waals surface area contributed by atoms with Crippen LogP contribution in [0.15, 0.2) is 42.0 Å². The van der Waals surface area contributed by atoms with Crippen molar-refractivity contribution in [1.82, 2.24) is 14.7 Å². The van der Waals surface area contributed by atoms with Crippen LogP contribution in [-0.2, 0) is 13.1 Å². The summed E-state index contributed by atoms with van der Waals surface area (Å²) in [5.41, 5.74) is 3.71. The van der Waals surface area contributed by atoms with Crippen molar-refractivity contribution in [2.24, 2.45) is 0 Å². The Balaban J connectivity index is 1.60. The molecule has 0 amide bonds. The zero-order valence-corrected chi connectivity index (χ0v) is 11.1. The molecule has 0 bridgehead atoms. The molecule has 0 saturated carbocycles. The van der Waals surface area contributed by atoms with Crippen molar-refractivity contribution in [2.45, 2.75) is 20.0 Å². The number of imidazole rings is 1. The summed E-state index contributed by atoms with van der Waals surface area (Å²) >= 11 is 1.66. The number of rotatable bonds is 4. The van der Waals surface area contributed by atoms with E-state index in [-0.39, 0.29) is 0 Å². The first-order valence-electron chi connectivity index (χ1n) is 5.98. The van der Waals surface area contributed by atoms with E-state index in [1.165, 1.54) is 11.1 Å². The molecule has 2 heterocycles. The van der Waals surface area contributed by atoms with Gasteiger partial charge in [-0.15, -0.1) is 11.3 Å². The summed E-state index contributed by atoms with van der Waals surface area (Å²) in [5, 5.41) is 5.47. The van der Waals surface area contributed by atoms with Gasteiger partial charge in [-0.2, -0.15) is 0 Å². The molecule has 0 atom stereocenters. The highest BCUT2D eigenvalue weighted by Gasteiger charge is 2.01. The number of aromatic nitrogens is 2. The molecule has 4 heteroatoms. The van der Waals surface area contributed by atoms with Crippen molar-refractivity contribution < 1.29 is 0 Å².